The zero-order valence-corrected chi connectivity index (χ0v) is 12.7. The number of hydrogen-bond donors (Lipinski definition) is 1. The minimum Gasteiger partial charge on any atom is -0.310 e. The Bertz CT molecular complexity index is 331. The zero-order chi connectivity index (χ0) is 13.6. The maximum atomic E-state index is 3.57. The highest BCUT2D eigenvalue weighted by molar-refractivity contribution is 5.29. The first-order chi connectivity index (χ1) is 8.55. The first kappa shape index (κ1) is 15.2. The van der Waals surface area contributed by atoms with E-state index < -0.39 is 0 Å². The van der Waals surface area contributed by atoms with E-state index in [0.717, 1.165) is 6.54 Å². The molecule has 0 aliphatic heterocycles. The van der Waals surface area contributed by atoms with Gasteiger partial charge in [0.2, 0.25) is 0 Å². The molecular weight excluding hydrogens is 218 g/mol. The van der Waals surface area contributed by atoms with E-state index in [1.165, 1.54) is 30.4 Å². The largest absolute Gasteiger partial charge is 0.310 e. The molecule has 102 valence electrons. The lowest BCUT2D eigenvalue weighted by Gasteiger charge is -2.24. The Morgan fingerprint density at radius 3 is 2.11 bits per heavy atom. The molecule has 0 heterocycles. The fourth-order valence-corrected chi connectivity index (χ4v) is 2.29. The van der Waals surface area contributed by atoms with Gasteiger partial charge in [-0.05, 0) is 35.9 Å². The van der Waals surface area contributed by atoms with Crippen LogP contribution in [0.15, 0.2) is 24.3 Å². The molecule has 0 aliphatic rings. The molecule has 0 saturated carbocycles. The molecule has 1 N–H and O–H groups in total. The molecular formula is C17H29N. The molecule has 0 amide bonds. The predicted octanol–water partition coefficient (Wildman–Crippen LogP) is 4.82. The molecule has 0 bridgehead atoms. The second-order valence-electron chi connectivity index (χ2n) is 5.76. The Morgan fingerprint density at radius 1 is 1.06 bits per heavy atom. The standard InChI is InChI=1S/C17H29N/c1-6-9-16(18-8-3)14-10-12-15(13-11-14)17(4,5)7-2/h10-13,16,18H,6-9H2,1-5H3. The van der Waals surface area contributed by atoms with E-state index in [0.29, 0.717) is 6.04 Å². The summed E-state index contributed by atoms with van der Waals surface area (Å²) in [6.07, 6.45) is 3.61. The lowest BCUT2D eigenvalue weighted by molar-refractivity contribution is 0.499. The van der Waals surface area contributed by atoms with Crippen molar-refractivity contribution in [1.29, 1.82) is 0 Å². The van der Waals surface area contributed by atoms with E-state index in [2.05, 4.69) is 64.2 Å². The van der Waals surface area contributed by atoms with Crippen molar-refractivity contribution in [2.24, 2.45) is 0 Å². The van der Waals surface area contributed by atoms with E-state index in [-0.39, 0.29) is 5.41 Å². The molecule has 1 heteroatoms. The molecule has 1 nitrogen and oxygen atoms in total. The van der Waals surface area contributed by atoms with Gasteiger partial charge in [0.25, 0.3) is 0 Å². The number of hydrogen-bond acceptors (Lipinski definition) is 1. The molecule has 0 spiro atoms. The fraction of sp³-hybridized carbons (Fsp3) is 0.647. The van der Waals surface area contributed by atoms with Crippen molar-refractivity contribution in [2.75, 3.05) is 6.54 Å². The van der Waals surface area contributed by atoms with Crippen LogP contribution in [0.5, 0.6) is 0 Å². The molecule has 1 atom stereocenters. The van der Waals surface area contributed by atoms with Crippen LogP contribution in [0, 0.1) is 0 Å². The maximum Gasteiger partial charge on any atom is 0.0320 e. The van der Waals surface area contributed by atoms with E-state index in [1.807, 2.05) is 0 Å². The van der Waals surface area contributed by atoms with Crippen molar-refractivity contribution in [3.05, 3.63) is 35.4 Å². The quantitative estimate of drug-likeness (QED) is 0.728. The zero-order valence-electron chi connectivity index (χ0n) is 12.7. The molecule has 1 unspecified atom stereocenters. The van der Waals surface area contributed by atoms with Gasteiger partial charge in [0.1, 0.15) is 0 Å². The number of nitrogens with one attached hydrogen (secondary N) is 1. The Kier molecular flexibility index (Phi) is 5.87. The second kappa shape index (κ2) is 6.94. The lowest BCUT2D eigenvalue weighted by atomic mass is 9.81. The minimum absolute atomic E-state index is 0.289. The Labute approximate surface area is 113 Å². The minimum atomic E-state index is 0.289. The average Bonchev–Trinajstić information content (AvgIpc) is 2.39. The van der Waals surface area contributed by atoms with Crippen molar-refractivity contribution in [3.63, 3.8) is 0 Å². The van der Waals surface area contributed by atoms with Crippen molar-refractivity contribution in [2.45, 2.75) is 65.3 Å². The fourth-order valence-electron chi connectivity index (χ4n) is 2.29. The Balaban J connectivity index is 2.86. The molecule has 0 aliphatic carbocycles. The third-order valence-corrected chi connectivity index (χ3v) is 4.01. The number of rotatable bonds is 7. The number of benzene rings is 1. The highest BCUT2D eigenvalue weighted by atomic mass is 14.9. The first-order valence-corrected chi connectivity index (χ1v) is 7.39. The van der Waals surface area contributed by atoms with Crippen LogP contribution in [0.1, 0.15) is 71.0 Å². The van der Waals surface area contributed by atoms with Crippen molar-refractivity contribution in [3.8, 4) is 0 Å². The third kappa shape index (κ3) is 3.84. The lowest BCUT2D eigenvalue weighted by Crippen LogP contribution is -2.21. The van der Waals surface area contributed by atoms with E-state index >= 15 is 0 Å². The van der Waals surface area contributed by atoms with Crippen LogP contribution in [0.3, 0.4) is 0 Å². The van der Waals surface area contributed by atoms with Crippen LogP contribution in [0.25, 0.3) is 0 Å². The molecule has 1 aromatic rings. The van der Waals surface area contributed by atoms with Crippen LogP contribution in [0.4, 0.5) is 0 Å². The van der Waals surface area contributed by atoms with Gasteiger partial charge >= 0.3 is 0 Å². The smallest absolute Gasteiger partial charge is 0.0320 e. The van der Waals surface area contributed by atoms with Gasteiger partial charge in [-0.25, -0.2) is 0 Å². The van der Waals surface area contributed by atoms with Gasteiger partial charge in [0.15, 0.2) is 0 Å². The van der Waals surface area contributed by atoms with E-state index in [4.69, 9.17) is 0 Å². The Morgan fingerprint density at radius 2 is 1.67 bits per heavy atom. The maximum absolute atomic E-state index is 3.57. The van der Waals surface area contributed by atoms with Gasteiger partial charge in [-0.15, -0.1) is 0 Å². The van der Waals surface area contributed by atoms with Crippen LogP contribution in [0.2, 0.25) is 0 Å². The summed E-state index contributed by atoms with van der Waals surface area (Å²) in [5.74, 6) is 0. The van der Waals surface area contributed by atoms with E-state index in [9.17, 15) is 0 Å². The van der Waals surface area contributed by atoms with Crippen LogP contribution < -0.4 is 5.32 Å². The van der Waals surface area contributed by atoms with Crippen molar-refractivity contribution >= 4 is 0 Å². The molecule has 0 aromatic heterocycles. The molecule has 0 radical (unpaired) electrons. The summed E-state index contributed by atoms with van der Waals surface area (Å²) in [7, 11) is 0. The van der Waals surface area contributed by atoms with Gasteiger partial charge < -0.3 is 5.32 Å². The monoisotopic (exact) mass is 247 g/mol. The third-order valence-electron chi connectivity index (χ3n) is 4.01. The van der Waals surface area contributed by atoms with Gasteiger partial charge in [-0.3, -0.25) is 0 Å². The molecule has 1 aromatic carbocycles. The highest BCUT2D eigenvalue weighted by Crippen LogP contribution is 2.28. The van der Waals surface area contributed by atoms with Crippen molar-refractivity contribution in [1.82, 2.24) is 5.32 Å². The topological polar surface area (TPSA) is 12.0 Å². The summed E-state index contributed by atoms with van der Waals surface area (Å²) >= 11 is 0. The molecule has 1 rings (SSSR count). The van der Waals surface area contributed by atoms with E-state index in [1.54, 1.807) is 0 Å². The summed E-state index contributed by atoms with van der Waals surface area (Å²) in [5.41, 5.74) is 3.16. The van der Waals surface area contributed by atoms with Crippen LogP contribution in [-0.2, 0) is 5.41 Å². The summed E-state index contributed by atoms with van der Waals surface area (Å²) in [6, 6.07) is 9.72. The SMILES string of the molecule is CCCC(NCC)c1ccc(C(C)(C)CC)cc1. The molecule has 0 saturated heterocycles. The van der Waals surface area contributed by atoms with Gasteiger partial charge in [0, 0.05) is 6.04 Å². The van der Waals surface area contributed by atoms with Crippen LogP contribution >= 0.6 is 0 Å². The van der Waals surface area contributed by atoms with Gasteiger partial charge in [-0.2, -0.15) is 0 Å². The van der Waals surface area contributed by atoms with Gasteiger partial charge in [-0.1, -0.05) is 65.3 Å². The van der Waals surface area contributed by atoms with Crippen LogP contribution in [-0.4, -0.2) is 6.54 Å². The summed E-state index contributed by atoms with van der Waals surface area (Å²) < 4.78 is 0. The molecule has 18 heavy (non-hydrogen) atoms. The average molecular weight is 247 g/mol. The summed E-state index contributed by atoms with van der Waals surface area (Å²) in [6.45, 7) is 12.3. The normalized spacial score (nSPS) is 13.6. The first-order valence-electron chi connectivity index (χ1n) is 7.39. The Hall–Kier alpha value is -0.820. The van der Waals surface area contributed by atoms with Crippen molar-refractivity contribution < 1.29 is 0 Å². The highest BCUT2D eigenvalue weighted by Gasteiger charge is 2.18. The molecule has 0 fully saturated rings. The second-order valence-corrected chi connectivity index (χ2v) is 5.76. The predicted molar refractivity (Wildman–Crippen MR) is 81.1 cm³/mol. The van der Waals surface area contributed by atoms with Gasteiger partial charge in [0.05, 0.1) is 0 Å². The summed E-state index contributed by atoms with van der Waals surface area (Å²) in [4.78, 5) is 0. The summed E-state index contributed by atoms with van der Waals surface area (Å²) in [5, 5.41) is 3.57.